The van der Waals surface area contributed by atoms with E-state index in [2.05, 4.69) is 10.3 Å². The number of hydrogen-bond donors (Lipinski definition) is 2. The van der Waals surface area contributed by atoms with Crippen LogP contribution in [0.15, 0.2) is 47.3 Å². The van der Waals surface area contributed by atoms with Crippen LogP contribution in [0, 0.1) is 4.77 Å². The lowest BCUT2D eigenvalue weighted by Gasteiger charge is -2.09. The monoisotopic (exact) mass is 373 g/mol. The van der Waals surface area contributed by atoms with Crippen molar-refractivity contribution in [2.75, 3.05) is 0 Å². The first-order valence-electron chi connectivity index (χ1n) is 7.79. The van der Waals surface area contributed by atoms with E-state index >= 15 is 0 Å². The average Bonchev–Trinajstić information content (AvgIpc) is 2.60. The van der Waals surface area contributed by atoms with Crippen molar-refractivity contribution in [3.63, 3.8) is 0 Å². The van der Waals surface area contributed by atoms with Crippen LogP contribution in [0.3, 0.4) is 0 Å². The van der Waals surface area contributed by atoms with Crippen molar-refractivity contribution in [1.29, 1.82) is 0 Å². The summed E-state index contributed by atoms with van der Waals surface area (Å²) >= 11 is 11.3. The average molecular weight is 374 g/mol. The van der Waals surface area contributed by atoms with Gasteiger partial charge in [-0.05, 0) is 49.0 Å². The van der Waals surface area contributed by atoms with Gasteiger partial charge in [-0.15, -0.1) is 0 Å². The molecule has 0 saturated heterocycles. The molecule has 2 aromatic carbocycles. The number of hydrogen-bond acceptors (Lipinski definition) is 3. The molecule has 0 aliphatic carbocycles. The predicted molar refractivity (Wildman–Crippen MR) is 102 cm³/mol. The molecule has 0 fully saturated rings. The minimum absolute atomic E-state index is 0.163. The van der Waals surface area contributed by atoms with Gasteiger partial charge in [-0.2, -0.15) is 0 Å². The fourth-order valence-electron chi connectivity index (χ4n) is 2.60. The van der Waals surface area contributed by atoms with Crippen molar-refractivity contribution in [3.05, 3.63) is 73.7 Å². The van der Waals surface area contributed by atoms with E-state index in [4.69, 9.17) is 23.8 Å². The molecular weight excluding hydrogens is 358 g/mol. The number of benzene rings is 2. The van der Waals surface area contributed by atoms with Crippen LogP contribution in [0.4, 0.5) is 0 Å². The number of carbonyl (C=O) groups is 1. The third-order valence-corrected chi connectivity index (χ3v) is 4.65. The Morgan fingerprint density at radius 2 is 2.04 bits per heavy atom. The summed E-state index contributed by atoms with van der Waals surface area (Å²) in [7, 11) is 0. The highest BCUT2D eigenvalue weighted by molar-refractivity contribution is 7.71. The lowest BCUT2D eigenvalue weighted by molar-refractivity contribution is 0.0951. The first-order valence-corrected chi connectivity index (χ1v) is 8.58. The molecule has 7 heteroatoms. The van der Waals surface area contributed by atoms with Crippen molar-refractivity contribution in [1.82, 2.24) is 14.9 Å². The minimum Gasteiger partial charge on any atom is -0.348 e. The maximum absolute atomic E-state index is 12.4. The zero-order valence-electron chi connectivity index (χ0n) is 13.5. The van der Waals surface area contributed by atoms with E-state index in [9.17, 15) is 9.59 Å². The molecule has 1 aromatic heterocycles. The third kappa shape index (κ3) is 3.50. The van der Waals surface area contributed by atoms with Crippen molar-refractivity contribution >= 4 is 40.6 Å². The summed E-state index contributed by atoms with van der Waals surface area (Å²) < 4.78 is 1.82. The Balaban J connectivity index is 1.89. The highest BCUT2D eigenvalue weighted by Gasteiger charge is 2.10. The molecule has 0 aliphatic heterocycles. The van der Waals surface area contributed by atoms with E-state index < -0.39 is 0 Å². The molecule has 0 radical (unpaired) electrons. The standard InChI is InChI=1S/C18H16ClN3O2S/c1-2-22-17(24)13-8-7-11(9-15(13)21-18(22)25)16(23)20-10-12-5-3-4-6-14(12)19/h3-9H,2,10H2,1H3,(H,20,23)(H,21,25). The Morgan fingerprint density at radius 1 is 1.28 bits per heavy atom. The fraction of sp³-hybridized carbons (Fsp3) is 0.167. The number of fused-ring (bicyclic) bond motifs is 1. The summed E-state index contributed by atoms with van der Waals surface area (Å²) in [5.41, 5.74) is 1.66. The van der Waals surface area contributed by atoms with Crippen molar-refractivity contribution in [3.8, 4) is 0 Å². The lowest BCUT2D eigenvalue weighted by Crippen LogP contribution is -2.24. The second-order valence-corrected chi connectivity index (χ2v) is 6.31. The van der Waals surface area contributed by atoms with Gasteiger partial charge in [-0.3, -0.25) is 14.2 Å². The molecule has 0 unspecified atom stereocenters. The quantitative estimate of drug-likeness (QED) is 0.686. The number of aromatic nitrogens is 2. The van der Waals surface area contributed by atoms with Crippen LogP contribution in [-0.2, 0) is 13.1 Å². The van der Waals surface area contributed by atoms with Gasteiger partial charge in [0.1, 0.15) is 0 Å². The summed E-state index contributed by atoms with van der Waals surface area (Å²) in [5.74, 6) is -0.249. The van der Waals surface area contributed by atoms with Crippen molar-refractivity contribution in [2.45, 2.75) is 20.0 Å². The number of halogens is 1. The number of H-pyrrole nitrogens is 1. The number of carbonyl (C=O) groups excluding carboxylic acids is 1. The van der Waals surface area contributed by atoms with Gasteiger partial charge in [0.25, 0.3) is 11.5 Å². The molecule has 2 N–H and O–H groups in total. The van der Waals surface area contributed by atoms with Crippen LogP contribution in [0.1, 0.15) is 22.8 Å². The van der Waals surface area contributed by atoms with E-state index in [1.54, 1.807) is 24.3 Å². The van der Waals surface area contributed by atoms with E-state index in [1.165, 1.54) is 4.57 Å². The molecule has 0 saturated carbocycles. The van der Waals surface area contributed by atoms with Gasteiger partial charge in [-0.1, -0.05) is 29.8 Å². The molecule has 0 bridgehead atoms. The largest absolute Gasteiger partial charge is 0.348 e. The third-order valence-electron chi connectivity index (χ3n) is 3.96. The topological polar surface area (TPSA) is 66.9 Å². The molecule has 1 amide bonds. The van der Waals surface area contributed by atoms with E-state index in [0.717, 1.165) is 5.56 Å². The number of nitrogens with one attached hydrogen (secondary N) is 2. The van der Waals surface area contributed by atoms with Gasteiger partial charge in [0.05, 0.1) is 10.9 Å². The number of amides is 1. The summed E-state index contributed by atoms with van der Waals surface area (Å²) in [6, 6.07) is 12.2. The predicted octanol–water partition coefficient (Wildman–Crippen LogP) is 3.66. The molecule has 0 spiro atoms. The first-order chi connectivity index (χ1) is 12.0. The SMILES string of the molecule is CCn1c(=S)[nH]c2cc(C(=O)NCc3ccccc3Cl)ccc2c1=O. The van der Waals surface area contributed by atoms with Gasteiger partial charge < -0.3 is 10.3 Å². The molecule has 3 rings (SSSR count). The van der Waals surface area contributed by atoms with E-state index in [-0.39, 0.29) is 11.5 Å². The molecule has 0 atom stereocenters. The Morgan fingerprint density at radius 3 is 2.76 bits per heavy atom. The number of aromatic amines is 1. The zero-order chi connectivity index (χ0) is 18.0. The number of rotatable bonds is 4. The van der Waals surface area contributed by atoms with Gasteiger partial charge in [0.2, 0.25) is 0 Å². The van der Waals surface area contributed by atoms with Crippen LogP contribution in [0.5, 0.6) is 0 Å². The molecule has 128 valence electrons. The van der Waals surface area contributed by atoms with E-state index in [0.29, 0.717) is 39.3 Å². The summed E-state index contributed by atoms with van der Waals surface area (Å²) in [6.45, 7) is 2.67. The molecule has 25 heavy (non-hydrogen) atoms. The summed E-state index contributed by atoms with van der Waals surface area (Å²) in [6.07, 6.45) is 0. The second-order valence-electron chi connectivity index (χ2n) is 5.51. The van der Waals surface area contributed by atoms with Crippen molar-refractivity contribution in [2.24, 2.45) is 0 Å². The first kappa shape index (κ1) is 17.4. The van der Waals surface area contributed by atoms with E-state index in [1.807, 2.05) is 25.1 Å². The normalized spacial score (nSPS) is 10.8. The Bertz CT molecular complexity index is 1070. The molecular formula is C18H16ClN3O2S. The fourth-order valence-corrected chi connectivity index (χ4v) is 3.13. The summed E-state index contributed by atoms with van der Waals surface area (Å²) in [4.78, 5) is 27.8. The maximum atomic E-state index is 12.4. The van der Waals surface area contributed by atoms with Gasteiger partial charge in [0, 0.05) is 23.7 Å². The highest BCUT2D eigenvalue weighted by atomic mass is 35.5. The highest BCUT2D eigenvalue weighted by Crippen LogP contribution is 2.15. The molecule has 5 nitrogen and oxygen atoms in total. The smallest absolute Gasteiger partial charge is 0.262 e. The molecule has 0 aliphatic rings. The van der Waals surface area contributed by atoms with Gasteiger partial charge >= 0.3 is 0 Å². The zero-order valence-corrected chi connectivity index (χ0v) is 15.1. The van der Waals surface area contributed by atoms with Crippen LogP contribution in [0.2, 0.25) is 5.02 Å². The molecule has 1 heterocycles. The minimum atomic E-state index is -0.249. The van der Waals surface area contributed by atoms with Crippen LogP contribution in [-0.4, -0.2) is 15.5 Å². The van der Waals surface area contributed by atoms with Crippen LogP contribution >= 0.6 is 23.8 Å². The van der Waals surface area contributed by atoms with Crippen LogP contribution in [0.25, 0.3) is 10.9 Å². The Kier molecular flexibility index (Phi) is 5.01. The van der Waals surface area contributed by atoms with Crippen molar-refractivity contribution < 1.29 is 4.79 Å². The number of nitrogens with zero attached hydrogens (tertiary/aromatic N) is 1. The second kappa shape index (κ2) is 7.21. The van der Waals surface area contributed by atoms with Crippen LogP contribution < -0.4 is 10.9 Å². The van der Waals surface area contributed by atoms with Gasteiger partial charge in [-0.25, -0.2) is 0 Å². The van der Waals surface area contributed by atoms with Gasteiger partial charge in [0.15, 0.2) is 4.77 Å². The Labute approximate surface area is 154 Å². The summed E-state index contributed by atoms with van der Waals surface area (Å²) in [5, 5.41) is 3.93. The molecule has 3 aromatic rings. The Hall–Kier alpha value is -2.44. The maximum Gasteiger partial charge on any atom is 0.262 e. The lowest BCUT2D eigenvalue weighted by atomic mass is 10.1.